The van der Waals surface area contributed by atoms with Crippen molar-refractivity contribution in [3.05, 3.63) is 102 Å². The van der Waals surface area contributed by atoms with E-state index in [0.29, 0.717) is 24.4 Å². The quantitative estimate of drug-likeness (QED) is 0.366. The summed E-state index contributed by atoms with van der Waals surface area (Å²) in [5, 5.41) is 0. The van der Waals surface area contributed by atoms with E-state index in [4.69, 9.17) is 0 Å². The lowest BCUT2D eigenvalue weighted by Gasteiger charge is -2.10. The number of hydrogen-bond donors (Lipinski definition) is 0. The second-order valence-electron chi connectivity index (χ2n) is 5.50. The molecule has 0 aliphatic heterocycles. The SMILES string of the molecule is C=C/C=C(/C)C=C.CF.Fc1ccc(Cc2cc(F)cc(OC(F)(F)F)c2)cc1. The Morgan fingerprint density at radius 2 is 1.52 bits per heavy atom. The number of ether oxygens (including phenoxy) is 1. The number of benzene rings is 2. The van der Waals surface area contributed by atoms with Gasteiger partial charge in [0, 0.05) is 6.07 Å². The molecule has 0 amide bonds. The Labute approximate surface area is 166 Å². The zero-order valence-electron chi connectivity index (χ0n) is 16.1. The third-order valence-corrected chi connectivity index (χ3v) is 3.19. The molecule has 158 valence electrons. The molecule has 0 N–H and O–H groups in total. The van der Waals surface area contributed by atoms with Crippen LogP contribution in [0.5, 0.6) is 5.75 Å². The summed E-state index contributed by atoms with van der Waals surface area (Å²) < 4.78 is 75.4. The summed E-state index contributed by atoms with van der Waals surface area (Å²) in [5.74, 6) is -1.87. The Hall–Kier alpha value is -2.96. The highest BCUT2D eigenvalue weighted by Gasteiger charge is 2.31. The topological polar surface area (TPSA) is 9.23 Å². The Bertz CT molecular complexity index is 792. The van der Waals surface area contributed by atoms with Gasteiger partial charge in [0.05, 0.1) is 7.18 Å². The van der Waals surface area contributed by atoms with E-state index >= 15 is 0 Å². The summed E-state index contributed by atoms with van der Waals surface area (Å²) >= 11 is 0. The van der Waals surface area contributed by atoms with Gasteiger partial charge in [0.25, 0.3) is 0 Å². The molecule has 0 fully saturated rings. The van der Waals surface area contributed by atoms with Crippen molar-refractivity contribution in [2.75, 3.05) is 7.18 Å². The Morgan fingerprint density at radius 1 is 0.931 bits per heavy atom. The van der Waals surface area contributed by atoms with E-state index in [1.165, 1.54) is 24.3 Å². The van der Waals surface area contributed by atoms with Gasteiger partial charge in [0.2, 0.25) is 0 Å². The molecule has 0 saturated heterocycles. The van der Waals surface area contributed by atoms with Gasteiger partial charge in [-0.1, -0.05) is 49.1 Å². The molecule has 0 atom stereocenters. The highest BCUT2D eigenvalue weighted by atomic mass is 19.4. The van der Waals surface area contributed by atoms with E-state index in [9.17, 15) is 26.3 Å². The molecule has 29 heavy (non-hydrogen) atoms. The lowest BCUT2D eigenvalue weighted by Crippen LogP contribution is -2.17. The van der Waals surface area contributed by atoms with Gasteiger partial charge in [-0.25, -0.2) is 8.78 Å². The summed E-state index contributed by atoms with van der Waals surface area (Å²) in [6.07, 6.45) is 0.749. The first kappa shape index (κ1) is 26.0. The van der Waals surface area contributed by atoms with Crippen molar-refractivity contribution in [1.82, 2.24) is 0 Å². The van der Waals surface area contributed by atoms with Crippen LogP contribution in [0.25, 0.3) is 0 Å². The van der Waals surface area contributed by atoms with Gasteiger partial charge < -0.3 is 4.74 Å². The first-order chi connectivity index (χ1) is 13.6. The van der Waals surface area contributed by atoms with E-state index < -0.39 is 23.7 Å². The van der Waals surface area contributed by atoms with Crippen molar-refractivity contribution in [2.45, 2.75) is 19.7 Å². The lowest BCUT2D eigenvalue weighted by molar-refractivity contribution is -0.274. The van der Waals surface area contributed by atoms with Crippen LogP contribution in [0, 0.1) is 11.6 Å². The largest absolute Gasteiger partial charge is 0.573 e. The normalized spacial score (nSPS) is 10.7. The van der Waals surface area contributed by atoms with E-state index in [0.717, 1.165) is 17.7 Å². The molecule has 2 aromatic rings. The maximum Gasteiger partial charge on any atom is 0.573 e. The molecular formula is C22H22F6O. The van der Waals surface area contributed by atoms with Crippen molar-refractivity contribution in [1.29, 1.82) is 0 Å². The van der Waals surface area contributed by atoms with E-state index in [1.54, 1.807) is 12.2 Å². The summed E-state index contributed by atoms with van der Waals surface area (Å²) in [5.41, 5.74) is 2.10. The van der Waals surface area contributed by atoms with Crippen LogP contribution in [0.4, 0.5) is 26.3 Å². The zero-order chi connectivity index (χ0) is 22.4. The summed E-state index contributed by atoms with van der Waals surface area (Å²) in [4.78, 5) is 0. The lowest BCUT2D eigenvalue weighted by atomic mass is 10.0. The first-order valence-electron chi connectivity index (χ1n) is 8.22. The van der Waals surface area contributed by atoms with Crippen molar-refractivity contribution < 1.29 is 31.1 Å². The molecule has 2 aromatic carbocycles. The Morgan fingerprint density at radius 3 is 1.97 bits per heavy atom. The summed E-state index contributed by atoms with van der Waals surface area (Å²) in [6, 6.07) is 8.26. The van der Waals surface area contributed by atoms with E-state index in [1.807, 2.05) is 13.0 Å². The molecule has 2 rings (SSSR count). The average Bonchev–Trinajstić information content (AvgIpc) is 2.64. The van der Waals surface area contributed by atoms with Gasteiger partial charge in [-0.15, -0.1) is 13.2 Å². The van der Waals surface area contributed by atoms with Gasteiger partial charge in [-0.3, -0.25) is 4.39 Å². The van der Waals surface area contributed by atoms with Gasteiger partial charge in [0.15, 0.2) is 0 Å². The van der Waals surface area contributed by atoms with Crippen LogP contribution in [0.2, 0.25) is 0 Å². The minimum atomic E-state index is -4.87. The van der Waals surface area contributed by atoms with Crippen LogP contribution < -0.4 is 4.74 Å². The second kappa shape index (κ2) is 13.3. The predicted molar refractivity (Wildman–Crippen MR) is 103 cm³/mol. The van der Waals surface area contributed by atoms with Crippen LogP contribution in [0.3, 0.4) is 0 Å². The van der Waals surface area contributed by atoms with Crippen LogP contribution in [-0.4, -0.2) is 13.5 Å². The fraction of sp³-hybridized carbons (Fsp3) is 0.182. The summed E-state index contributed by atoms with van der Waals surface area (Å²) in [7, 11) is 0.500. The van der Waals surface area contributed by atoms with E-state index in [2.05, 4.69) is 17.9 Å². The van der Waals surface area contributed by atoms with Gasteiger partial charge >= 0.3 is 6.36 Å². The first-order valence-corrected chi connectivity index (χ1v) is 8.22. The predicted octanol–water partition coefficient (Wildman–Crippen LogP) is 7.34. The fourth-order valence-corrected chi connectivity index (χ4v) is 2.01. The summed E-state index contributed by atoms with van der Waals surface area (Å²) in [6.45, 7) is 9.07. The third-order valence-electron chi connectivity index (χ3n) is 3.19. The standard InChI is InChI=1S/C14H9F5O.C7H10.CH3F/c15-11-3-1-9(2-4-11)5-10-6-12(16)8-13(7-10)20-14(17,18)19;1-4-6-7(3)5-2;1-2/h1-4,6-8H,5H2;4-6H,1-2H2,3H3;1H3/b;7-6-;. The number of halogens is 6. The molecule has 0 bridgehead atoms. The molecule has 0 unspecified atom stereocenters. The number of hydrogen-bond acceptors (Lipinski definition) is 1. The van der Waals surface area contributed by atoms with E-state index in [-0.39, 0.29) is 6.42 Å². The highest BCUT2D eigenvalue weighted by Crippen LogP contribution is 2.25. The number of rotatable bonds is 5. The monoisotopic (exact) mass is 416 g/mol. The van der Waals surface area contributed by atoms with Gasteiger partial charge in [-0.05, 0) is 48.7 Å². The minimum Gasteiger partial charge on any atom is -0.406 e. The molecule has 0 heterocycles. The van der Waals surface area contributed by atoms with Crippen molar-refractivity contribution in [2.24, 2.45) is 0 Å². The fourth-order valence-electron chi connectivity index (χ4n) is 2.01. The van der Waals surface area contributed by atoms with Gasteiger partial charge in [-0.2, -0.15) is 0 Å². The zero-order valence-corrected chi connectivity index (χ0v) is 16.1. The molecule has 7 heteroatoms. The van der Waals surface area contributed by atoms with Crippen molar-refractivity contribution in [3.63, 3.8) is 0 Å². The smallest absolute Gasteiger partial charge is 0.406 e. The van der Waals surface area contributed by atoms with Crippen LogP contribution in [0.1, 0.15) is 18.1 Å². The molecule has 0 radical (unpaired) electrons. The molecule has 0 aliphatic carbocycles. The average molecular weight is 416 g/mol. The number of alkyl halides is 4. The van der Waals surface area contributed by atoms with Crippen molar-refractivity contribution in [3.8, 4) is 5.75 Å². The molecular weight excluding hydrogens is 394 g/mol. The van der Waals surface area contributed by atoms with Crippen LogP contribution in [0.15, 0.2) is 79.4 Å². The number of allylic oxidation sites excluding steroid dienone is 4. The van der Waals surface area contributed by atoms with Crippen LogP contribution in [-0.2, 0) is 6.42 Å². The molecule has 0 aromatic heterocycles. The maximum atomic E-state index is 13.3. The minimum absolute atomic E-state index is 0.173. The maximum absolute atomic E-state index is 13.3. The second-order valence-corrected chi connectivity index (χ2v) is 5.50. The highest BCUT2D eigenvalue weighted by molar-refractivity contribution is 5.33. The molecule has 0 aliphatic rings. The molecule has 0 saturated carbocycles. The Kier molecular flexibility index (Phi) is 11.9. The third kappa shape index (κ3) is 12.2. The van der Waals surface area contributed by atoms with Crippen molar-refractivity contribution >= 4 is 0 Å². The Balaban J connectivity index is 0.000000740. The van der Waals surface area contributed by atoms with Gasteiger partial charge in [0.1, 0.15) is 17.4 Å². The van der Waals surface area contributed by atoms with Crippen LogP contribution >= 0.6 is 0 Å². The molecule has 1 nitrogen and oxygen atoms in total. The molecule has 0 spiro atoms.